The van der Waals surface area contributed by atoms with Gasteiger partial charge in [-0.15, -0.1) is 0 Å². The van der Waals surface area contributed by atoms with Crippen molar-refractivity contribution in [1.82, 2.24) is 5.32 Å². The smallest absolute Gasteiger partial charge is 0.171 e. The molecule has 1 N–H and O–H groups in total. The lowest BCUT2D eigenvalue weighted by Crippen LogP contribution is -2.21. The highest BCUT2D eigenvalue weighted by Crippen LogP contribution is 2.26. The normalized spacial score (nSPS) is 24.4. The van der Waals surface area contributed by atoms with Crippen molar-refractivity contribution in [2.24, 2.45) is 11.8 Å². The highest BCUT2D eigenvalue weighted by atomic mass is 16.5. The lowest BCUT2D eigenvalue weighted by molar-refractivity contribution is 0.0904. The van der Waals surface area contributed by atoms with Crippen LogP contribution in [0.25, 0.3) is 0 Å². The van der Waals surface area contributed by atoms with Crippen molar-refractivity contribution < 1.29 is 9.53 Å². The number of nitrogens with one attached hydrogen (secondary N) is 1. The van der Waals surface area contributed by atoms with Crippen LogP contribution in [0.2, 0.25) is 0 Å². The zero-order valence-electron chi connectivity index (χ0n) is 9.69. The number of para-hydroxylation sites is 1. The van der Waals surface area contributed by atoms with Crippen molar-refractivity contribution in [2.75, 3.05) is 20.2 Å². The molecule has 0 amide bonds. The van der Waals surface area contributed by atoms with Crippen LogP contribution in [0.1, 0.15) is 17.3 Å². The van der Waals surface area contributed by atoms with Crippen molar-refractivity contribution in [2.45, 2.75) is 6.92 Å². The summed E-state index contributed by atoms with van der Waals surface area (Å²) >= 11 is 0. The molecular weight excluding hydrogens is 202 g/mol. The predicted molar refractivity (Wildman–Crippen MR) is 62.8 cm³/mol. The zero-order valence-corrected chi connectivity index (χ0v) is 9.69. The number of ketones is 1. The standard InChI is InChI=1S/C13H17NO2/c1-9-7-14-8-11(9)13(15)10-5-3-4-6-12(10)16-2/h3-6,9,11,14H,7-8H2,1-2H3. The summed E-state index contributed by atoms with van der Waals surface area (Å²) in [7, 11) is 1.60. The quantitative estimate of drug-likeness (QED) is 0.787. The highest BCUT2D eigenvalue weighted by Gasteiger charge is 2.31. The molecule has 86 valence electrons. The van der Waals surface area contributed by atoms with E-state index in [1.807, 2.05) is 24.3 Å². The van der Waals surface area contributed by atoms with Crippen LogP contribution in [-0.2, 0) is 0 Å². The maximum Gasteiger partial charge on any atom is 0.171 e. The second-order valence-electron chi connectivity index (χ2n) is 4.31. The predicted octanol–water partition coefficient (Wildman–Crippen LogP) is 1.73. The van der Waals surface area contributed by atoms with E-state index in [2.05, 4.69) is 12.2 Å². The summed E-state index contributed by atoms with van der Waals surface area (Å²) in [6, 6.07) is 7.43. The van der Waals surface area contributed by atoms with E-state index in [0.717, 1.165) is 13.1 Å². The van der Waals surface area contributed by atoms with Crippen molar-refractivity contribution in [3.8, 4) is 5.75 Å². The summed E-state index contributed by atoms with van der Waals surface area (Å²) in [6.07, 6.45) is 0. The van der Waals surface area contributed by atoms with Crippen LogP contribution in [0.5, 0.6) is 5.75 Å². The molecule has 2 unspecified atom stereocenters. The third-order valence-corrected chi connectivity index (χ3v) is 3.23. The van der Waals surface area contributed by atoms with Gasteiger partial charge < -0.3 is 10.1 Å². The van der Waals surface area contributed by atoms with Gasteiger partial charge >= 0.3 is 0 Å². The Balaban J connectivity index is 2.26. The summed E-state index contributed by atoms with van der Waals surface area (Å²) in [5.74, 6) is 1.34. The van der Waals surface area contributed by atoms with Gasteiger partial charge in [0.25, 0.3) is 0 Å². The SMILES string of the molecule is COc1ccccc1C(=O)C1CNCC1C. The topological polar surface area (TPSA) is 38.3 Å². The van der Waals surface area contributed by atoms with Crippen molar-refractivity contribution in [3.05, 3.63) is 29.8 Å². The van der Waals surface area contributed by atoms with Gasteiger partial charge in [0.05, 0.1) is 12.7 Å². The van der Waals surface area contributed by atoms with Crippen molar-refractivity contribution in [3.63, 3.8) is 0 Å². The van der Waals surface area contributed by atoms with Crippen LogP contribution in [0, 0.1) is 11.8 Å². The number of ether oxygens (including phenoxy) is 1. The van der Waals surface area contributed by atoms with Gasteiger partial charge in [-0.3, -0.25) is 4.79 Å². The largest absolute Gasteiger partial charge is 0.496 e. The third-order valence-electron chi connectivity index (χ3n) is 3.23. The van der Waals surface area contributed by atoms with Gasteiger partial charge in [0.2, 0.25) is 0 Å². The third kappa shape index (κ3) is 1.95. The lowest BCUT2D eigenvalue weighted by atomic mass is 9.89. The molecule has 1 aromatic rings. The molecule has 16 heavy (non-hydrogen) atoms. The van der Waals surface area contributed by atoms with E-state index in [4.69, 9.17) is 4.74 Å². The second kappa shape index (κ2) is 4.66. The molecule has 1 aliphatic rings. The van der Waals surface area contributed by atoms with E-state index in [1.165, 1.54) is 0 Å². The van der Waals surface area contributed by atoms with Gasteiger partial charge in [0, 0.05) is 12.5 Å². The van der Waals surface area contributed by atoms with E-state index in [9.17, 15) is 4.79 Å². The number of rotatable bonds is 3. The Morgan fingerprint density at radius 1 is 1.38 bits per heavy atom. The molecule has 1 aromatic carbocycles. The molecule has 1 saturated heterocycles. The number of hydrogen-bond donors (Lipinski definition) is 1. The molecule has 1 fully saturated rings. The first-order chi connectivity index (χ1) is 7.74. The molecule has 1 aliphatic heterocycles. The number of Topliss-reactive ketones (excluding diaryl/α,β-unsaturated/α-hetero) is 1. The van der Waals surface area contributed by atoms with Gasteiger partial charge in [-0.05, 0) is 24.6 Å². The molecule has 0 saturated carbocycles. The minimum Gasteiger partial charge on any atom is -0.496 e. The summed E-state index contributed by atoms with van der Waals surface area (Å²) in [6.45, 7) is 3.81. The Labute approximate surface area is 95.8 Å². The fourth-order valence-electron chi connectivity index (χ4n) is 2.21. The average Bonchev–Trinajstić information content (AvgIpc) is 2.74. The number of methoxy groups -OCH3 is 1. The van der Waals surface area contributed by atoms with Crippen LogP contribution in [0.4, 0.5) is 0 Å². The van der Waals surface area contributed by atoms with E-state index >= 15 is 0 Å². The lowest BCUT2D eigenvalue weighted by Gasteiger charge is -2.14. The summed E-state index contributed by atoms with van der Waals surface area (Å²) in [5.41, 5.74) is 0.700. The molecule has 0 aromatic heterocycles. The number of hydrogen-bond acceptors (Lipinski definition) is 3. The summed E-state index contributed by atoms with van der Waals surface area (Å²) in [5, 5.41) is 3.25. The Hall–Kier alpha value is -1.35. The van der Waals surface area contributed by atoms with Crippen LogP contribution < -0.4 is 10.1 Å². The molecule has 0 spiro atoms. The van der Waals surface area contributed by atoms with Gasteiger partial charge in [-0.1, -0.05) is 19.1 Å². The first-order valence-electron chi connectivity index (χ1n) is 5.62. The Kier molecular flexibility index (Phi) is 3.25. The molecule has 1 heterocycles. The number of carbonyl (C=O) groups excluding carboxylic acids is 1. The van der Waals surface area contributed by atoms with Gasteiger partial charge in [0.1, 0.15) is 5.75 Å². The highest BCUT2D eigenvalue weighted by molar-refractivity contribution is 6.00. The Morgan fingerprint density at radius 2 is 2.12 bits per heavy atom. The van der Waals surface area contributed by atoms with E-state index < -0.39 is 0 Å². The zero-order chi connectivity index (χ0) is 11.5. The van der Waals surface area contributed by atoms with Gasteiger partial charge in [-0.2, -0.15) is 0 Å². The molecule has 3 nitrogen and oxygen atoms in total. The average molecular weight is 219 g/mol. The Morgan fingerprint density at radius 3 is 2.75 bits per heavy atom. The van der Waals surface area contributed by atoms with Gasteiger partial charge in [-0.25, -0.2) is 0 Å². The number of benzene rings is 1. The fourth-order valence-corrected chi connectivity index (χ4v) is 2.21. The first kappa shape index (κ1) is 11.1. The maximum absolute atomic E-state index is 12.3. The van der Waals surface area contributed by atoms with E-state index in [0.29, 0.717) is 17.2 Å². The molecule has 2 rings (SSSR count). The Bertz CT molecular complexity index is 389. The summed E-state index contributed by atoms with van der Waals surface area (Å²) < 4.78 is 5.22. The second-order valence-corrected chi connectivity index (χ2v) is 4.31. The van der Waals surface area contributed by atoms with Crippen molar-refractivity contribution >= 4 is 5.78 Å². The first-order valence-corrected chi connectivity index (χ1v) is 5.62. The maximum atomic E-state index is 12.3. The summed E-state index contributed by atoms with van der Waals surface area (Å²) in [4.78, 5) is 12.3. The van der Waals surface area contributed by atoms with Gasteiger partial charge in [0.15, 0.2) is 5.78 Å². The van der Waals surface area contributed by atoms with Crippen LogP contribution in [0.3, 0.4) is 0 Å². The molecule has 0 aliphatic carbocycles. The molecule has 0 bridgehead atoms. The van der Waals surface area contributed by atoms with Crippen LogP contribution in [-0.4, -0.2) is 26.0 Å². The fraction of sp³-hybridized carbons (Fsp3) is 0.462. The van der Waals surface area contributed by atoms with E-state index in [1.54, 1.807) is 7.11 Å². The molecule has 3 heteroatoms. The van der Waals surface area contributed by atoms with Crippen molar-refractivity contribution in [1.29, 1.82) is 0 Å². The molecule has 0 radical (unpaired) electrons. The monoisotopic (exact) mass is 219 g/mol. The minimum absolute atomic E-state index is 0.0799. The molecular formula is C13H17NO2. The molecule has 2 atom stereocenters. The van der Waals surface area contributed by atoms with Crippen LogP contribution >= 0.6 is 0 Å². The number of carbonyl (C=O) groups is 1. The minimum atomic E-state index is 0.0799. The van der Waals surface area contributed by atoms with E-state index in [-0.39, 0.29) is 11.7 Å². The van der Waals surface area contributed by atoms with Crippen LogP contribution in [0.15, 0.2) is 24.3 Å².